The minimum atomic E-state index is -2.45. The molecule has 37 heavy (non-hydrogen) atoms. The molecule has 10 heteroatoms. The normalized spacial score (nSPS) is 21.4. The molecule has 0 unspecified atom stereocenters. The number of aliphatic carboxylic acids is 1. The van der Waals surface area contributed by atoms with Gasteiger partial charge < -0.3 is 20.0 Å². The van der Waals surface area contributed by atoms with Crippen LogP contribution < -0.4 is 40.0 Å². The smallest absolute Gasteiger partial charge is 0.550 e. The van der Waals surface area contributed by atoms with Crippen molar-refractivity contribution in [1.82, 2.24) is 5.32 Å². The van der Waals surface area contributed by atoms with Gasteiger partial charge in [0.05, 0.1) is 28.0 Å². The third-order valence-corrected chi connectivity index (χ3v) is 7.40. The second-order valence-electron chi connectivity index (χ2n) is 8.68. The van der Waals surface area contributed by atoms with Gasteiger partial charge >= 0.3 is 29.6 Å². The van der Waals surface area contributed by atoms with Crippen LogP contribution in [0.25, 0.3) is 0 Å². The Kier molecular flexibility index (Phi) is 7.95. The van der Waals surface area contributed by atoms with Crippen LogP contribution in [0, 0.1) is 11.8 Å². The van der Waals surface area contributed by atoms with E-state index >= 15 is 0 Å². The first kappa shape index (κ1) is 27.5. The Labute approximate surface area is 244 Å². The summed E-state index contributed by atoms with van der Waals surface area (Å²) in [5.41, 5.74) is -1.31. The van der Waals surface area contributed by atoms with E-state index in [1.807, 2.05) is 6.07 Å². The van der Waals surface area contributed by atoms with Gasteiger partial charge in [-0.2, -0.15) is 0 Å². The molecule has 1 heterocycles. The molecule has 5 rings (SSSR count). The van der Waals surface area contributed by atoms with E-state index in [1.54, 1.807) is 36.4 Å². The van der Waals surface area contributed by atoms with Gasteiger partial charge in [0.1, 0.15) is 0 Å². The first-order valence-corrected chi connectivity index (χ1v) is 11.8. The fourth-order valence-corrected chi connectivity index (χ4v) is 5.32. The summed E-state index contributed by atoms with van der Waals surface area (Å²) in [6.45, 7) is 0.0964. The molecule has 182 valence electrons. The summed E-state index contributed by atoms with van der Waals surface area (Å²) in [4.78, 5) is 53.3. The maximum atomic E-state index is 13.6. The molecule has 0 radical (unpaired) electrons. The van der Waals surface area contributed by atoms with Gasteiger partial charge in [0.15, 0.2) is 0 Å². The van der Waals surface area contributed by atoms with Crippen LogP contribution in [-0.2, 0) is 20.9 Å². The number of hydrogen-bond donors (Lipinski definition) is 1. The summed E-state index contributed by atoms with van der Waals surface area (Å²) in [5.74, 6) is -7.45. The molecule has 1 amide bonds. The summed E-state index contributed by atoms with van der Waals surface area (Å²) in [5, 5.41) is 15.7. The number of carboxylic acid groups (broad SMARTS) is 1. The van der Waals surface area contributed by atoms with Crippen LogP contribution in [-0.4, -0.2) is 29.0 Å². The van der Waals surface area contributed by atoms with Gasteiger partial charge in [-0.25, -0.2) is 0 Å². The van der Waals surface area contributed by atoms with Crippen molar-refractivity contribution in [2.75, 3.05) is 0 Å². The van der Waals surface area contributed by atoms with Crippen LogP contribution >= 0.6 is 23.2 Å². The van der Waals surface area contributed by atoms with Crippen molar-refractivity contribution in [3.8, 4) is 0 Å². The number of nitrogens with one attached hydrogen (secondary N) is 1. The molecule has 3 atom stereocenters. The average molecular weight is 546 g/mol. The predicted octanol–water partition coefficient (Wildman–Crippen LogP) is 0.185. The van der Waals surface area contributed by atoms with Crippen molar-refractivity contribution in [2.45, 2.75) is 18.2 Å². The number of benzene rings is 3. The Morgan fingerprint density at radius 3 is 2.05 bits per heavy atom. The van der Waals surface area contributed by atoms with E-state index in [1.165, 1.54) is 30.3 Å². The SMILES string of the molecule is O=C(NCc1ccccc1)[C@H]1[C@@H](C(=O)[O-])C2(O[C@H]1c1ccc(Cl)c(Cl)c1)C(=O)c1ccccc1C2=O.[Na+]. The molecule has 0 aromatic heterocycles. The maximum Gasteiger partial charge on any atom is 1.00 e. The van der Waals surface area contributed by atoms with Gasteiger partial charge in [-0.1, -0.05) is 83.9 Å². The topological polar surface area (TPSA) is 113 Å². The Balaban J connectivity index is 0.00000320. The Morgan fingerprint density at radius 2 is 1.49 bits per heavy atom. The zero-order chi connectivity index (χ0) is 25.6. The van der Waals surface area contributed by atoms with Gasteiger partial charge in [0, 0.05) is 23.6 Å². The monoisotopic (exact) mass is 545 g/mol. The average Bonchev–Trinajstić information content (AvgIpc) is 3.35. The van der Waals surface area contributed by atoms with E-state index in [-0.39, 0.29) is 57.3 Å². The number of carbonyl (C=O) groups is 4. The minimum absolute atomic E-state index is 0. The first-order chi connectivity index (χ1) is 17.3. The van der Waals surface area contributed by atoms with Crippen LogP contribution in [0.3, 0.4) is 0 Å². The molecule has 2 aliphatic rings. The van der Waals surface area contributed by atoms with E-state index in [2.05, 4.69) is 5.32 Å². The summed E-state index contributed by atoms with van der Waals surface area (Å²) in [6, 6.07) is 19.4. The van der Waals surface area contributed by atoms with Crippen LogP contribution in [0.2, 0.25) is 10.0 Å². The van der Waals surface area contributed by atoms with Gasteiger partial charge in [0.2, 0.25) is 23.1 Å². The van der Waals surface area contributed by atoms with Crippen molar-refractivity contribution in [3.63, 3.8) is 0 Å². The van der Waals surface area contributed by atoms with Crippen molar-refractivity contribution in [1.29, 1.82) is 0 Å². The first-order valence-electron chi connectivity index (χ1n) is 11.1. The third kappa shape index (κ3) is 4.54. The van der Waals surface area contributed by atoms with Gasteiger partial charge in [0.25, 0.3) is 0 Å². The zero-order valence-corrected chi connectivity index (χ0v) is 23.1. The van der Waals surface area contributed by atoms with Gasteiger partial charge in [-0.15, -0.1) is 0 Å². The number of amides is 1. The number of hydrogen-bond acceptors (Lipinski definition) is 6. The molecule has 3 aromatic carbocycles. The number of fused-ring (bicyclic) bond motifs is 1. The number of carbonyl (C=O) groups excluding carboxylic acids is 4. The molecular formula is C27H18Cl2NNaO6. The zero-order valence-electron chi connectivity index (χ0n) is 19.6. The predicted molar refractivity (Wildman–Crippen MR) is 128 cm³/mol. The van der Waals surface area contributed by atoms with E-state index in [9.17, 15) is 24.3 Å². The Morgan fingerprint density at radius 1 is 0.892 bits per heavy atom. The Hall–Kier alpha value is -2.52. The van der Waals surface area contributed by atoms with Crippen LogP contribution in [0.15, 0.2) is 72.8 Å². The molecule has 1 aliphatic heterocycles. The van der Waals surface area contributed by atoms with E-state index in [0.717, 1.165) is 5.56 Å². The largest absolute Gasteiger partial charge is 1.00 e. The number of Topliss-reactive ketones (excluding diaryl/α,β-unsaturated/α-hetero) is 2. The van der Waals surface area contributed by atoms with Crippen molar-refractivity contribution in [3.05, 3.63) is 105 Å². The van der Waals surface area contributed by atoms with Gasteiger partial charge in [-0.3, -0.25) is 14.4 Å². The second kappa shape index (κ2) is 10.7. The fraction of sp³-hybridized carbons (Fsp3) is 0.185. The van der Waals surface area contributed by atoms with Gasteiger partial charge in [-0.05, 0) is 23.3 Å². The molecule has 1 N–H and O–H groups in total. The number of rotatable bonds is 5. The molecule has 0 saturated carbocycles. The van der Waals surface area contributed by atoms with E-state index < -0.39 is 47.0 Å². The van der Waals surface area contributed by atoms with Crippen molar-refractivity contribution in [2.24, 2.45) is 11.8 Å². The van der Waals surface area contributed by atoms with Crippen LogP contribution in [0.5, 0.6) is 0 Å². The number of halogens is 2. The molecule has 3 aromatic rings. The minimum Gasteiger partial charge on any atom is -0.550 e. The summed E-state index contributed by atoms with van der Waals surface area (Å²) in [6.07, 6.45) is -1.29. The molecule has 0 bridgehead atoms. The van der Waals surface area contributed by atoms with Crippen LogP contribution in [0.1, 0.15) is 37.9 Å². The van der Waals surface area contributed by atoms with E-state index in [0.29, 0.717) is 5.56 Å². The molecular weight excluding hydrogens is 528 g/mol. The van der Waals surface area contributed by atoms with Crippen molar-refractivity contribution < 1.29 is 58.6 Å². The standard InChI is InChI=1S/C27H19Cl2NO6.Na/c28-18-11-10-15(12-19(18)29)22-20(25(33)30-13-14-6-2-1-3-7-14)21(26(34)35)27(36-22)23(31)16-8-4-5-9-17(16)24(27)32;/h1-12,20-22H,13H2,(H,30,33)(H,34,35);/q;+1/p-1/t20-,21-,22-;/m0./s1. The number of ketones is 2. The van der Waals surface area contributed by atoms with Crippen LogP contribution in [0.4, 0.5) is 0 Å². The quantitative estimate of drug-likeness (QED) is 0.361. The third-order valence-electron chi connectivity index (χ3n) is 6.67. The maximum absolute atomic E-state index is 13.6. The molecule has 1 fully saturated rings. The summed E-state index contributed by atoms with van der Waals surface area (Å²) < 4.78 is 6.08. The second-order valence-corrected chi connectivity index (χ2v) is 9.49. The molecule has 1 aliphatic carbocycles. The molecule has 1 saturated heterocycles. The van der Waals surface area contributed by atoms with Crippen molar-refractivity contribution >= 4 is 46.6 Å². The molecule has 7 nitrogen and oxygen atoms in total. The molecule has 1 spiro atoms. The number of carboxylic acids is 1. The number of ether oxygens (including phenoxy) is 1. The summed E-state index contributed by atoms with van der Waals surface area (Å²) in [7, 11) is 0. The summed E-state index contributed by atoms with van der Waals surface area (Å²) >= 11 is 12.2. The fourth-order valence-electron chi connectivity index (χ4n) is 5.02. The van der Waals surface area contributed by atoms with E-state index in [4.69, 9.17) is 27.9 Å². The Bertz CT molecular complexity index is 1380.